The molecule has 1 aromatic heterocycles. The van der Waals surface area contributed by atoms with Gasteiger partial charge in [0.1, 0.15) is 0 Å². The van der Waals surface area contributed by atoms with E-state index in [4.69, 9.17) is 4.74 Å². The second-order valence-electron chi connectivity index (χ2n) is 6.87. The molecule has 2 aromatic carbocycles. The van der Waals surface area contributed by atoms with Gasteiger partial charge in [0.2, 0.25) is 0 Å². The standard InChI is InChI=1S/C24H27FN2O/c1-3-5-6-7-8-18-9-11-19(12-10-18)22-16-27-23(17-26-22)20-13-14-24(28-4-2)21(25)15-20/h9-17H,3-8H2,1-2H3. The highest BCUT2D eigenvalue weighted by Gasteiger charge is 2.08. The molecule has 3 aromatic rings. The summed E-state index contributed by atoms with van der Waals surface area (Å²) in [5.74, 6) is -0.134. The Morgan fingerprint density at radius 2 is 1.50 bits per heavy atom. The average Bonchev–Trinajstić information content (AvgIpc) is 2.73. The lowest BCUT2D eigenvalue weighted by atomic mass is 10.0. The van der Waals surface area contributed by atoms with E-state index in [1.807, 2.05) is 6.92 Å². The predicted molar refractivity (Wildman–Crippen MR) is 112 cm³/mol. The molecule has 0 aliphatic carbocycles. The van der Waals surface area contributed by atoms with Crippen molar-refractivity contribution in [2.75, 3.05) is 6.61 Å². The quantitative estimate of drug-likeness (QED) is 0.400. The zero-order chi connectivity index (χ0) is 19.8. The minimum absolute atomic E-state index is 0.255. The predicted octanol–water partition coefficient (Wildman–Crippen LogP) is 6.47. The van der Waals surface area contributed by atoms with Crippen LogP contribution < -0.4 is 4.74 Å². The third-order valence-corrected chi connectivity index (χ3v) is 4.75. The molecule has 0 fully saturated rings. The van der Waals surface area contributed by atoms with Crippen LogP contribution in [0, 0.1) is 5.82 Å². The largest absolute Gasteiger partial charge is 0.491 e. The van der Waals surface area contributed by atoms with Gasteiger partial charge in [-0.3, -0.25) is 9.97 Å². The number of rotatable bonds is 9. The van der Waals surface area contributed by atoms with E-state index in [-0.39, 0.29) is 11.6 Å². The minimum Gasteiger partial charge on any atom is -0.491 e. The van der Waals surface area contributed by atoms with Gasteiger partial charge in [-0.1, -0.05) is 50.5 Å². The molecular formula is C24H27FN2O. The Morgan fingerprint density at radius 1 is 0.821 bits per heavy atom. The first-order chi connectivity index (χ1) is 13.7. The van der Waals surface area contributed by atoms with Crippen LogP contribution in [0.2, 0.25) is 0 Å². The van der Waals surface area contributed by atoms with Gasteiger partial charge in [-0.2, -0.15) is 0 Å². The highest BCUT2D eigenvalue weighted by Crippen LogP contribution is 2.25. The van der Waals surface area contributed by atoms with Crippen LogP contribution in [0.1, 0.15) is 45.1 Å². The summed E-state index contributed by atoms with van der Waals surface area (Å²) in [4.78, 5) is 8.98. The summed E-state index contributed by atoms with van der Waals surface area (Å²) in [5, 5.41) is 0. The summed E-state index contributed by atoms with van der Waals surface area (Å²) in [5.41, 5.74) is 4.52. The number of aromatic nitrogens is 2. The maximum absolute atomic E-state index is 14.1. The summed E-state index contributed by atoms with van der Waals surface area (Å²) < 4.78 is 19.3. The molecule has 0 saturated carbocycles. The number of halogens is 1. The van der Waals surface area contributed by atoms with E-state index in [0.717, 1.165) is 17.7 Å². The van der Waals surface area contributed by atoms with Crippen molar-refractivity contribution in [1.29, 1.82) is 0 Å². The van der Waals surface area contributed by atoms with Crippen molar-refractivity contribution in [3.05, 3.63) is 66.2 Å². The van der Waals surface area contributed by atoms with Crippen molar-refractivity contribution in [1.82, 2.24) is 9.97 Å². The van der Waals surface area contributed by atoms with E-state index < -0.39 is 0 Å². The molecule has 0 atom stereocenters. The lowest BCUT2D eigenvalue weighted by Crippen LogP contribution is -1.95. The van der Waals surface area contributed by atoms with Crippen molar-refractivity contribution in [2.24, 2.45) is 0 Å². The molecule has 28 heavy (non-hydrogen) atoms. The van der Waals surface area contributed by atoms with Crippen LogP contribution in [-0.2, 0) is 6.42 Å². The number of hydrogen-bond donors (Lipinski definition) is 0. The minimum atomic E-state index is -0.389. The number of nitrogens with zero attached hydrogens (tertiary/aromatic N) is 2. The first-order valence-corrected chi connectivity index (χ1v) is 10.0. The molecule has 0 aliphatic heterocycles. The van der Waals surface area contributed by atoms with Gasteiger partial charge in [-0.25, -0.2) is 4.39 Å². The Labute approximate surface area is 166 Å². The monoisotopic (exact) mass is 378 g/mol. The summed E-state index contributed by atoms with van der Waals surface area (Å²) in [6, 6.07) is 13.4. The fraction of sp³-hybridized carbons (Fsp3) is 0.333. The first-order valence-electron chi connectivity index (χ1n) is 10.0. The molecule has 0 spiro atoms. The van der Waals surface area contributed by atoms with Crippen LogP contribution in [0.25, 0.3) is 22.5 Å². The summed E-state index contributed by atoms with van der Waals surface area (Å²) >= 11 is 0. The molecule has 1 heterocycles. The van der Waals surface area contributed by atoms with Crippen molar-refractivity contribution in [2.45, 2.75) is 46.0 Å². The van der Waals surface area contributed by atoms with E-state index >= 15 is 0 Å². The van der Waals surface area contributed by atoms with E-state index in [1.54, 1.807) is 24.5 Å². The molecule has 146 valence electrons. The van der Waals surface area contributed by atoms with Crippen molar-refractivity contribution < 1.29 is 9.13 Å². The lowest BCUT2D eigenvalue weighted by molar-refractivity contribution is 0.321. The van der Waals surface area contributed by atoms with E-state index in [2.05, 4.69) is 41.2 Å². The normalized spacial score (nSPS) is 10.8. The highest BCUT2D eigenvalue weighted by atomic mass is 19.1. The molecule has 0 bridgehead atoms. The number of hydrogen-bond acceptors (Lipinski definition) is 3. The van der Waals surface area contributed by atoms with Gasteiger partial charge < -0.3 is 4.74 Å². The van der Waals surface area contributed by atoms with Gasteiger partial charge in [-0.05, 0) is 43.5 Å². The summed E-state index contributed by atoms with van der Waals surface area (Å²) in [6.45, 7) is 4.49. The second-order valence-corrected chi connectivity index (χ2v) is 6.87. The Bertz CT molecular complexity index is 876. The topological polar surface area (TPSA) is 35.0 Å². The molecule has 0 saturated heterocycles. The van der Waals surface area contributed by atoms with Gasteiger partial charge in [-0.15, -0.1) is 0 Å². The Morgan fingerprint density at radius 3 is 2.11 bits per heavy atom. The van der Waals surface area contributed by atoms with Crippen molar-refractivity contribution in [3.8, 4) is 28.3 Å². The molecule has 0 aliphatic rings. The average molecular weight is 378 g/mol. The highest BCUT2D eigenvalue weighted by molar-refractivity contribution is 5.63. The van der Waals surface area contributed by atoms with Crippen LogP contribution in [-0.4, -0.2) is 16.6 Å². The fourth-order valence-corrected chi connectivity index (χ4v) is 3.16. The van der Waals surface area contributed by atoms with Gasteiger partial charge >= 0.3 is 0 Å². The maximum atomic E-state index is 14.1. The van der Waals surface area contributed by atoms with Crippen LogP contribution in [0.3, 0.4) is 0 Å². The Balaban J connectivity index is 1.68. The Hall–Kier alpha value is -2.75. The number of unbranched alkanes of at least 4 members (excludes halogenated alkanes) is 3. The molecule has 0 N–H and O–H groups in total. The number of aryl methyl sites for hydroxylation is 1. The van der Waals surface area contributed by atoms with Crippen LogP contribution in [0.15, 0.2) is 54.9 Å². The molecular weight excluding hydrogens is 351 g/mol. The third kappa shape index (κ3) is 5.16. The van der Waals surface area contributed by atoms with Crippen LogP contribution in [0.4, 0.5) is 4.39 Å². The maximum Gasteiger partial charge on any atom is 0.165 e. The van der Waals surface area contributed by atoms with Crippen LogP contribution >= 0.6 is 0 Å². The zero-order valence-electron chi connectivity index (χ0n) is 16.6. The Kier molecular flexibility index (Phi) is 7.12. The smallest absolute Gasteiger partial charge is 0.165 e. The number of ether oxygens (including phenoxy) is 1. The SMILES string of the molecule is CCCCCCc1ccc(-c2cnc(-c3ccc(OCC)c(F)c3)cn2)cc1. The fourth-order valence-electron chi connectivity index (χ4n) is 3.16. The summed E-state index contributed by atoms with van der Waals surface area (Å²) in [6.07, 6.45) is 9.63. The molecule has 0 amide bonds. The molecule has 4 heteroatoms. The summed E-state index contributed by atoms with van der Waals surface area (Å²) in [7, 11) is 0. The van der Waals surface area contributed by atoms with E-state index in [0.29, 0.717) is 17.9 Å². The molecule has 0 unspecified atom stereocenters. The van der Waals surface area contributed by atoms with Gasteiger partial charge in [0.25, 0.3) is 0 Å². The third-order valence-electron chi connectivity index (χ3n) is 4.75. The van der Waals surface area contributed by atoms with Crippen molar-refractivity contribution in [3.63, 3.8) is 0 Å². The molecule has 3 rings (SSSR count). The number of benzene rings is 2. The lowest BCUT2D eigenvalue weighted by Gasteiger charge is -2.07. The molecule has 0 radical (unpaired) electrons. The first kappa shape index (κ1) is 20.0. The second kappa shape index (κ2) is 9.98. The van der Waals surface area contributed by atoms with E-state index in [9.17, 15) is 4.39 Å². The van der Waals surface area contributed by atoms with Crippen molar-refractivity contribution >= 4 is 0 Å². The van der Waals surface area contributed by atoms with Gasteiger partial charge in [0, 0.05) is 11.1 Å². The van der Waals surface area contributed by atoms with E-state index in [1.165, 1.54) is 37.3 Å². The van der Waals surface area contributed by atoms with Gasteiger partial charge in [0.05, 0.1) is 30.4 Å². The van der Waals surface area contributed by atoms with Gasteiger partial charge in [0.15, 0.2) is 11.6 Å². The van der Waals surface area contributed by atoms with Crippen LogP contribution in [0.5, 0.6) is 5.75 Å². The molecule has 3 nitrogen and oxygen atoms in total. The zero-order valence-corrected chi connectivity index (χ0v) is 16.6.